The molecule has 0 aromatic rings. The Morgan fingerprint density at radius 3 is 2.17 bits per heavy atom. The minimum atomic E-state index is -2.39. The van der Waals surface area contributed by atoms with Crippen LogP contribution in [-0.2, 0) is 4.57 Å². The Kier molecular flexibility index (Phi) is 3.72. The zero-order chi connectivity index (χ0) is 9.03. The lowest BCUT2D eigenvalue weighted by Crippen LogP contribution is -2.40. The summed E-state index contributed by atoms with van der Waals surface area (Å²) in [6, 6.07) is 0. The number of rotatable bonds is 3. The lowest BCUT2D eigenvalue weighted by atomic mass is 10.4. The van der Waals surface area contributed by atoms with Gasteiger partial charge in [-0.1, -0.05) is 13.8 Å². The molecule has 0 aromatic heterocycles. The van der Waals surface area contributed by atoms with E-state index in [4.69, 9.17) is 0 Å². The average molecular weight is 191 g/mol. The molecule has 0 amide bonds. The highest BCUT2D eigenvalue weighted by Gasteiger charge is 2.29. The molecule has 1 rings (SSSR count). The van der Waals surface area contributed by atoms with Crippen LogP contribution >= 0.6 is 7.59 Å². The van der Waals surface area contributed by atoms with Crippen molar-refractivity contribution in [2.45, 2.75) is 20.3 Å². The van der Waals surface area contributed by atoms with Gasteiger partial charge < -0.3 is 0 Å². The Labute approximate surface area is 74.2 Å². The van der Waals surface area contributed by atoms with E-state index in [1.807, 2.05) is 18.5 Å². The zero-order valence-corrected chi connectivity index (χ0v) is 8.73. The van der Waals surface area contributed by atoms with Gasteiger partial charge in [-0.05, 0) is 6.42 Å². The van der Waals surface area contributed by atoms with Gasteiger partial charge in [0.1, 0.15) is 0 Å². The van der Waals surface area contributed by atoms with Gasteiger partial charge in [0.25, 0.3) is 7.59 Å². The monoisotopic (exact) mass is 191 g/mol. The smallest absolute Gasteiger partial charge is 0.271 e. The van der Waals surface area contributed by atoms with Crippen molar-refractivity contribution in [3.05, 3.63) is 0 Å². The van der Waals surface area contributed by atoms with E-state index in [1.54, 1.807) is 0 Å². The molecule has 2 N–H and O–H groups in total. The molecule has 5 heteroatoms. The highest BCUT2D eigenvalue weighted by Crippen LogP contribution is 2.41. The fourth-order valence-electron chi connectivity index (χ4n) is 1.43. The SMILES string of the molecule is CCN(CC)P1(=O)NCCCN1. The van der Waals surface area contributed by atoms with Gasteiger partial charge in [-0.3, -0.25) is 4.57 Å². The molecule has 72 valence electrons. The van der Waals surface area contributed by atoms with E-state index in [1.165, 1.54) is 0 Å². The normalized spacial score (nSPS) is 22.9. The maximum atomic E-state index is 12.1. The van der Waals surface area contributed by atoms with Crippen LogP contribution < -0.4 is 10.2 Å². The maximum Gasteiger partial charge on any atom is 0.281 e. The van der Waals surface area contributed by atoms with Gasteiger partial charge in [0.05, 0.1) is 0 Å². The third-order valence-electron chi connectivity index (χ3n) is 2.13. The summed E-state index contributed by atoms with van der Waals surface area (Å²) in [6.07, 6.45) is 1.06. The van der Waals surface area contributed by atoms with Gasteiger partial charge in [0.2, 0.25) is 0 Å². The van der Waals surface area contributed by atoms with Crippen LogP contribution in [0.15, 0.2) is 0 Å². The summed E-state index contributed by atoms with van der Waals surface area (Å²) < 4.78 is 14.1. The van der Waals surface area contributed by atoms with Crippen molar-refractivity contribution < 1.29 is 4.57 Å². The topological polar surface area (TPSA) is 44.4 Å². The maximum absolute atomic E-state index is 12.1. The molecule has 1 aliphatic rings. The van der Waals surface area contributed by atoms with Crippen LogP contribution in [0.2, 0.25) is 0 Å². The second-order valence-electron chi connectivity index (χ2n) is 2.88. The summed E-state index contributed by atoms with van der Waals surface area (Å²) >= 11 is 0. The van der Waals surface area contributed by atoms with Crippen molar-refractivity contribution in [3.8, 4) is 0 Å². The predicted octanol–water partition coefficient (Wildman–Crippen LogP) is 1.02. The van der Waals surface area contributed by atoms with Crippen LogP contribution in [0.5, 0.6) is 0 Å². The molecule has 1 saturated heterocycles. The average Bonchev–Trinajstić information content (AvgIpc) is 2.07. The van der Waals surface area contributed by atoms with E-state index in [9.17, 15) is 4.57 Å². The van der Waals surface area contributed by atoms with E-state index in [-0.39, 0.29) is 0 Å². The molecule has 0 unspecified atom stereocenters. The third kappa shape index (κ3) is 2.07. The van der Waals surface area contributed by atoms with E-state index in [2.05, 4.69) is 10.2 Å². The second kappa shape index (κ2) is 4.38. The fraction of sp³-hybridized carbons (Fsp3) is 1.00. The van der Waals surface area contributed by atoms with Gasteiger partial charge in [-0.15, -0.1) is 0 Å². The Bertz CT molecular complexity index is 171. The number of nitrogens with one attached hydrogen (secondary N) is 2. The van der Waals surface area contributed by atoms with Gasteiger partial charge in [0, 0.05) is 26.2 Å². The van der Waals surface area contributed by atoms with Gasteiger partial charge >= 0.3 is 0 Å². The molecule has 0 atom stereocenters. The molecule has 1 heterocycles. The number of hydrogen-bond acceptors (Lipinski definition) is 1. The Hall–Kier alpha value is 0.110. The summed E-state index contributed by atoms with van der Waals surface area (Å²) in [4.78, 5) is 0. The van der Waals surface area contributed by atoms with Crippen molar-refractivity contribution in [2.24, 2.45) is 0 Å². The summed E-state index contributed by atoms with van der Waals surface area (Å²) in [5.41, 5.74) is 0. The first-order chi connectivity index (χ1) is 5.73. The zero-order valence-electron chi connectivity index (χ0n) is 7.84. The summed E-state index contributed by atoms with van der Waals surface area (Å²) in [6.45, 7) is 7.44. The van der Waals surface area contributed by atoms with E-state index < -0.39 is 7.59 Å². The molecule has 0 saturated carbocycles. The van der Waals surface area contributed by atoms with Crippen LogP contribution in [0.3, 0.4) is 0 Å². The lowest BCUT2D eigenvalue weighted by Gasteiger charge is -2.33. The van der Waals surface area contributed by atoms with E-state index >= 15 is 0 Å². The predicted molar refractivity (Wildman–Crippen MR) is 51.1 cm³/mol. The van der Waals surface area contributed by atoms with Crippen LogP contribution in [-0.4, -0.2) is 30.8 Å². The van der Waals surface area contributed by atoms with Gasteiger partial charge in [0.15, 0.2) is 0 Å². The summed E-state index contributed by atoms with van der Waals surface area (Å²) in [5.74, 6) is 0. The van der Waals surface area contributed by atoms with Crippen molar-refractivity contribution in [1.82, 2.24) is 14.8 Å². The van der Waals surface area contributed by atoms with Crippen molar-refractivity contribution in [2.75, 3.05) is 26.2 Å². The minimum Gasteiger partial charge on any atom is -0.271 e. The molecule has 0 bridgehead atoms. The van der Waals surface area contributed by atoms with Crippen LogP contribution in [0.1, 0.15) is 20.3 Å². The summed E-state index contributed by atoms with van der Waals surface area (Å²) in [7, 11) is -2.39. The minimum absolute atomic E-state index is 0.827. The molecule has 1 aliphatic heterocycles. The van der Waals surface area contributed by atoms with Gasteiger partial charge in [-0.25, -0.2) is 14.8 Å². The Balaban J connectivity index is 2.60. The highest BCUT2D eigenvalue weighted by atomic mass is 31.2. The molecule has 12 heavy (non-hydrogen) atoms. The molecular formula is C7H18N3OP. The van der Waals surface area contributed by atoms with E-state index in [0.29, 0.717) is 0 Å². The molecular weight excluding hydrogens is 173 g/mol. The number of nitrogens with zero attached hydrogens (tertiary/aromatic N) is 1. The second-order valence-corrected chi connectivity index (χ2v) is 5.23. The Morgan fingerprint density at radius 2 is 1.75 bits per heavy atom. The third-order valence-corrected chi connectivity index (χ3v) is 4.80. The lowest BCUT2D eigenvalue weighted by molar-refractivity contribution is 0.410. The van der Waals surface area contributed by atoms with Crippen molar-refractivity contribution in [3.63, 3.8) is 0 Å². The van der Waals surface area contributed by atoms with E-state index in [0.717, 1.165) is 32.6 Å². The molecule has 4 nitrogen and oxygen atoms in total. The van der Waals surface area contributed by atoms with Crippen LogP contribution in [0, 0.1) is 0 Å². The van der Waals surface area contributed by atoms with Crippen LogP contribution in [0.25, 0.3) is 0 Å². The van der Waals surface area contributed by atoms with Crippen LogP contribution in [0.4, 0.5) is 0 Å². The Morgan fingerprint density at radius 1 is 1.25 bits per heavy atom. The molecule has 1 fully saturated rings. The fourth-order valence-corrected chi connectivity index (χ4v) is 3.66. The standard InChI is InChI=1S/C7H18N3OP/c1-3-10(4-2)12(11)8-6-5-7-9-12/h3-7H2,1-2H3,(H2,8,9,11). The largest absolute Gasteiger partial charge is 0.281 e. The molecule has 0 radical (unpaired) electrons. The first-order valence-electron chi connectivity index (χ1n) is 4.58. The molecule has 0 spiro atoms. The molecule has 0 aromatic carbocycles. The van der Waals surface area contributed by atoms with Gasteiger partial charge in [-0.2, -0.15) is 0 Å². The quantitative estimate of drug-likeness (QED) is 0.654. The van der Waals surface area contributed by atoms with Crippen molar-refractivity contribution >= 4 is 7.59 Å². The van der Waals surface area contributed by atoms with Crippen molar-refractivity contribution in [1.29, 1.82) is 0 Å². The molecule has 0 aliphatic carbocycles. The first kappa shape index (κ1) is 10.2. The highest BCUT2D eigenvalue weighted by molar-refractivity contribution is 7.57. The first-order valence-corrected chi connectivity index (χ1v) is 6.24. The number of hydrogen-bond donors (Lipinski definition) is 2. The summed E-state index contributed by atoms with van der Waals surface area (Å²) in [5, 5.41) is 6.14.